The van der Waals surface area contributed by atoms with Gasteiger partial charge in [-0.3, -0.25) is 14.9 Å². The zero-order valence-corrected chi connectivity index (χ0v) is 12.1. The second-order valence-corrected chi connectivity index (χ2v) is 6.37. The van der Waals surface area contributed by atoms with Crippen molar-refractivity contribution in [1.29, 1.82) is 0 Å². The molecule has 0 aromatic carbocycles. The lowest BCUT2D eigenvalue weighted by Gasteiger charge is -2.40. The maximum Gasteiger partial charge on any atom is 0.322 e. The van der Waals surface area contributed by atoms with Crippen LogP contribution in [0.5, 0.6) is 0 Å². The molecule has 116 valence electrons. The molecule has 0 bridgehead atoms. The summed E-state index contributed by atoms with van der Waals surface area (Å²) in [5.41, 5.74) is 5.26. The Balaban J connectivity index is 1.62. The molecule has 3 aliphatic rings. The Kier molecular flexibility index (Phi) is 3.61. The van der Waals surface area contributed by atoms with E-state index in [0.29, 0.717) is 25.9 Å². The highest BCUT2D eigenvalue weighted by Crippen LogP contribution is 2.29. The van der Waals surface area contributed by atoms with Crippen LogP contribution in [0.4, 0.5) is 4.79 Å². The number of hydrogen-bond acceptors (Lipinski definition) is 4. The van der Waals surface area contributed by atoms with Gasteiger partial charge >= 0.3 is 6.03 Å². The molecular weight excluding hydrogens is 272 g/mol. The Morgan fingerprint density at radius 1 is 1.19 bits per heavy atom. The van der Waals surface area contributed by atoms with Gasteiger partial charge in [0.1, 0.15) is 5.54 Å². The van der Waals surface area contributed by atoms with Gasteiger partial charge in [-0.1, -0.05) is 12.8 Å². The molecule has 1 saturated carbocycles. The Morgan fingerprint density at radius 2 is 1.86 bits per heavy atom. The van der Waals surface area contributed by atoms with Gasteiger partial charge in [0.2, 0.25) is 5.91 Å². The zero-order chi connectivity index (χ0) is 15.0. The summed E-state index contributed by atoms with van der Waals surface area (Å²) in [7, 11) is 0. The molecule has 1 aliphatic carbocycles. The molecular formula is C14H22N4O3. The van der Waals surface area contributed by atoms with Gasteiger partial charge in [0, 0.05) is 19.1 Å². The molecule has 2 atom stereocenters. The molecule has 2 saturated heterocycles. The number of amides is 4. The summed E-state index contributed by atoms with van der Waals surface area (Å²) < 4.78 is 0. The van der Waals surface area contributed by atoms with Gasteiger partial charge in [-0.25, -0.2) is 4.79 Å². The van der Waals surface area contributed by atoms with E-state index in [0.717, 1.165) is 25.7 Å². The van der Waals surface area contributed by atoms with Gasteiger partial charge in [0.25, 0.3) is 5.91 Å². The van der Waals surface area contributed by atoms with Crippen molar-refractivity contribution in [2.45, 2.75) is 50.1 Å². The molecule has 2 unspecified atom stereocenters. The van der Waals surface area contributed by atoms with E-state index in [1.165, 1.54) is 0 Å². The van der Waals surface area contributed by atoms with Crippen LogP contribution in [0.1, 0.15) is 38.5 Å². The molecule has 7 nitrogen and oxygen atoms in total. The predicted molar refractivity (Wildman–Crippen MR) is 75.2 cm³/mol. The van der Waals surface area contributed by atoms with Crippen LogP contribution in [0, 0.1) is 5.92 Å². The minimum absolute atomic E-state index is 0.0448. The number of piperidine rings is 1. The first kappa shape index (κ1) is 14.3. The number of carbonyl (C=O) groups excluding carboxylic acids is 3. The van der Waals surface area contributed by atoms with Crippen molar-refractivity contribution in [2.24, 2.45) is 11.7 Å². The Morgan fingerprint density at radius 3 is 2.43 bits per heavy atom. The average Bonchev–Trinajstić information content (AvgIpc) is 2.74. The van der Waals surface area contributed by atoms with Crippen LogP contribution >= 0.6 is 0 Å². The fourth-order valence-corrected chi connectivity index (χ4v) is 3.69. The molecule has 2 aliphatic heterocycles. The summed E-state index contributed by atoms with van der Waals surface area (Å²) in [4.78, 5) is 37.5. The average molecular weight is 294 g/mol. The van der Waals surface area contributed by atoms with Crippen LogP contribution in [-0.2, 0) is 9.59 Å². The smallest absolute Gasteiger partial charge is 0.322 e. The third-order valence-electron chi connectivity index (χ3n) is 5.08. The molecule has 4 amide bonds. The van der Waals surface area contributed by atoms with Gasteiger partial charge in [-0.15, -0.1) is 0 Å². The van der Waals surface area contributed by atoms with E-state index < -0.39 is 11.6 Å². The second kappa shape index (κ2) is 5.29. The fourth-order valence-electron chi connectivity index (χ4n) is 3.69. The first-order chi connectivity index (χ1) is 10.0. The maximum atomic E-state index is 12.6. The number of likely N-dealkylation sites (tertiary alicyclic amines) is 1. The number of nitrogens with zero attached hydrogens (tertiary/aromatic N) is 1. The topological polar surface area (TPSA) is 105 Å². The number of urea groups is 1. The Bertz CT molecular complexity index is 471. The van der Waals surface area contributed by atoms with E-state index in [1.54, 1.807) is 4.90 Å². The fraction of sp³-hybridized carbons (Fsp3) is 0.786. The highest BCUT2D eigenvalue weighted by Gasteiger charge is 2.49. The lowest BCUT2D eigenvalue weighted by atomic mass is 9.82. The Hall–Kier alpha value is -1.63. The molecule has 0 aromatic rings. The van der Waals surface area contributed by atoms with Gasteiger partial charge in [-0.05, 0) is 25.7 Å². The third-order valence-corrected chi connectivity index (χ3v) is 5.08. The Labute approximate surface area is 123 Å². The van der Waals surface area contributed by atoms with Gasteiger partial charge < -0.3 is 16.0 Å². The highest BCUT2D eigenvalue weighted by molar-refractivity contribution is 6.07. The molecule has 3 rings (SSSR count). The van der Waals surface area contributed by atoms with Crippen molar-refractivity contribution < 1.29 is 14.4 Å². The predicted octanol–water partition coefficient (Wildman–Crippen LogP) is -0.295. The summed E-state index contributed by atoms with van der Waals surface area (Å²) in [5, 5.41) is 4.98. The first-order valence-electron chi connectivity index (χ1n) is 7.70. The minimum atomic E-state index is -0.817. The van der Waals surface area contributed by atoms with Crippen molar-refractivity contribution in [3.63, 3.8) is 0 Å². The second-order valence-electron chi connectivity index (χ2n) is 6.37. The zero-order valence-electron chi connectivity index (χ0n) is 12.1. The number of imide groups is 1. The lowest BCUT2D eigenvalue weighted by molar-refractivity contribution is -0.140. The van der Waals surface area contributed by atoms with E-state index in [2.05, 4.69) is 10.6 Å². The van der Waals surface area contributed by atoms with Crippen LogP contribution in [0.2, 0.25) is 0 Å². The molecule has 7 heteroatoms. The number of rotatable bonds is 1. The van der Waals surface area contributed by atoms with Gasteiger partial charge in [0.05, 0.1) is 5.92 Å². The normalized spacial score (nSPS) is 32.0. The van der Waals surface area contributed by atoms with Crippen LogP contribution in [0.25, 0.3) is 0 Å². The third kappa shape index (κ3) is 2.50. The summed E-state index contributed by atoms with van der Waals surface area (Å²) in [6.07, 6.45) is 4.86. The van der Waals surface area contributed by atoms with E-state index in [-0.39, 0.29) is 23.8 Å². The number of nitrogens with one attached hydrogen (secondary N) is 2. The van der Waals surface area contributed by atoms with E-state index in [1.807, 2.05) is 0 Å². The first-order valence-corrected chi connectivity index (χ1v) is 7.70. The van der Waals surface area contributed by atoms with Crippen molar-refractivity contribution in [3.05, 3.63) is 0 Å². The number of carbonyl (C=O) groups is 3. The summed E-state index contributed by atoms with van der Waals surface area (Å²) >= 11 is 0. The van der Waals surface area contributed by atoms with Crippen molar-refractivity contribution in [2.75, 3.05) is 13.1 Å². The van der Waals surface area contributed by atoms with E-state index >= 15 is 0 Å². The summed E-state index contributed by atoms with van der Waals surface area (Å²) in [5.74, 6) is -0.240. The van der Waals surface area contributed by atoms with Crippen LogP contribution in [-0.4, -0.2) is 47.4 Å². The standard InChI is InChI=1S/C14H22N4O3/c15-10-4-2-1-3-9(10)11(19)18-7-5-14(6-8-18)12(20)16-13(21)17-14/h9-10H,1-8,15H2,(H2,16,17,20,21). The lowest BCUT2D eigenvalue weighted by Crippen LogP contribution is -2.57. The van der Waals surface area contributed by atoms with Gasteiger partial charge in [-0.2, -0.15) is 0 Å². The monoisotopic (exact) mass is 294 g/mol. The highest BCUT2D eigenvalue weighted by atomic mass is 16.2. The van der Waals surface area contributed by atoms with Crippen molar-refractivity contribution in [3.8, 4) is 0 Å². The minimum Gasteiger partial charge on any atom is -0.342 e. The van der Waals surface area contributed by atoms with Crippen LogP contribution < -0.4 is 16.4 Å². The molecule has 0 aromatic heterocycles. The molecule has 1 spiro atoms. The van der Waals surface area contributed by atoms with E-state index in [9.17, 15) is 14.4 Å². The number of hydrogen-bond donors (Lipinski definition) is 3. The molecule has 4 N–H and O–H groups in total. The van der Waals surface area contributed by atoms with Crippen LogP contribution in [0.15, 0.2) is 0 Å². The van der Waals surface area contributed by atoms with Crippen molar-refractivity contribution in [1.82, 2.24) is 15.5 Å². The van der Waals surface area contributed by atoms with Gasteiger partial charge in [0.15, 0.2) is 0 Å². The van der Waals surface area contributed by atoms with Crippen LogP contribution in [0.3, 0.4) is 0 Å². The molecule has 21 heavy (non-hydrogen) atoms. The van der Waals surface area contributed by atoms with E-state index in [4.69, 9.17) is 5.73 Å². The summed E-state index contributed by atoms with van der Waals surface area (Å²) in [6, 6.07) is -0.481. The molecule has 3 fully saturated rings. The SMILES string of the molecule is NC1CCCCC1C(=O)N1CCC2(CC1)NC(=O)NC2=O. The molecule has 2 heterocycles. The van der Waals surface area contributed by atoms with Crippen molar-refractivity contribution >= 4 is 17.8 Å². The number of nitrogens with two attached hydrogens (primary N) is 1. The summed E-state index contributed by atoms with van der Waals surface area (Å²) in [6.45, 7) is 0.992. The maximum absolute atomic E-state index is 12.6. The quantitative estimate of drug-likeness (QED) is 0.578. The largest absolute Gasteiger partial charge is 0.342 e. The molecule has 0 radical (unpaired) electrons.